The minimum Gasteiger partial charge on any atom is -0.354 e. The Bertz CT molecular complexity index is 3540. The van der Waals surface area contributed by atoms with Gasteiger partial charge in [0, 0.05) is 56.0 Å². The van der Waals surface area contributed by atoms with Crippen molar-refractivity contribution < 1.29 is 13.3 Å². The van der Waals surface area contributed by atoms with Gasteiger partial charge in [-0.1, -0.05) is 134 Å². The quantitative estimate of drug-likeness (QED) is 0.0755. The van der Waals surface area contributed by atoms with Gasteiger partial charge in [0.2, 0.25) is 0 Å². The van der Waals surface area contributed by atoms with Crippen LogP contribution in [-0.4, -0.2) is 33.3 Å². The van der Waals surface area contributed by atoms with Crippen LogP contribution in [0.25, 0.3) is 90.9 Å². The monoisotopic (exact) mass is 879 g/mol. The summed E-state index contributed by atoms with van der Waals surface area (Å²) in [5, 5.41) is 11.5. The molecule has 10 rings (SSSR count). The molecule has 5 aromatic carbocycles. The van der Waals surface area contributed by atoms with Crippen LogP contribution in [0, 0.1) is 10.1 Å². The maximum absolute atomic E-state index is 14.6. The number of fused-ring (bicyclic) bond motifs is 8. The van der Waals surface area contributed by atoms with E-state index in [9.17, 15) is 18.5 Å². The standard InChI is InChI=1S/C56H41N5O4S/c1-3-36(2)34-52(66(64,65)41-22-14-7-15-23-41)42-35-40(24-33-51(42)61(62)63)56-49-31-29-47(59-49)54(38-18-10-5-11-19-38)45-27-25-43(57-45)53(37-16-8-4-9-17-37)44-26-28-46(58-44)55(39-20-12-6-13-21-39)48-30-32-50(56)60-48/h3-33,35,52,57,60H,1-2,34H2. The zero-order valence-corrected chi connectivity index (χ0v) is 36.4. The molecule has 9 nitrogen and oxygen atoms in total. The number of rotatable bonds is 11. The first-order chi connectivity index (χ1) is 32.2. The van der Waals surface area contributed by atoms with Gasteiger partial charge in [-0.25, -0.2) is 18.4 Å². The number of nitro groups is 1. The van der Waals surface area contributed by atoms with E-state index in [1.165, 1.54) is 24.3 Å². The molecule has 0 fully saturated rings. The Morgan fingerprint density at radius 3 is 1.32 bits per heavy atom. The third-order valence-electron chi connectivity index (χ3n) is 12.0. The molecule has 10 heteroatoms. The second kappa shape index (κ2) is 17.2. The van der Waals surface area contributed by atoms with E-state index >= 15 is 0 Å². The van der Waals surface area contributed by atoms with Crippen molar-refractivity contribution in [2.75, 3.05) is 0 Å². The van der Waals surface area contributed by atoms with Gasteiger partial charge in [0.05, 0.1) is 32.6 Å². The lowest BCUT2D eigenvalue weighted by atomic mass is 9.96. The molecule has 3 aromatic heterocycles. The molecule has 1 atom stereocenters. The molecule has 0 saturated carbocycles. The summed E-state index contributed by atoms with van der Waals surface area (Å²) in [5.41, 5.74) is 12.7. The van der Waals surface area contributed by atoms with Crippen LogP contribution in [0.15, 0.2) is 193 Å². The molecule has 0 radical (unpaired) electrons. The molecule has 0 spiro atoms. The zero-order valence-electron chi connectivity index (χ0n) is 35.6. The predicted molar refractivity (Wildman–Crippen MR) is 268 cm³/mol. The largest absolute Gasteiger partial charge is 0.354 e. The van der Waals surface area contributed by atoms with Gasteiger partial charge >= 0.3 is 0 Å². The Kier molecular flexibility index (Phi) is 10.9. The average Bonchev–Trinajstić information content (AvgIpc) is 4.20. The second-order valence-electron chi connectivity index (χ2n) is 16.0. The van der Waals surface area contributed by atoms with Gasteiger partial charge in [-0.2, -0.15) is 0 Å². The number of H-pyrrole nitrogens is 2. The Labute approximate surface area is 381 Å². The van der Waals surface area contributed by atoms with Crippen LogP contribution in [-0.2, 0) is 9.84 Å². The highest BCUT2D eigenvalue weighted by atomic mass is 32.2. The Morgan fingerprint density at radius 2 is 0.939 bits per heavy atom. The van der Waals surface area contributed by atoms with Crippen LogP contribution in [0.4, 0.5) is 5.69 Å². The van der Waals surface area contributed by atoms with Crippen LogP contribution in [0.1, 0.15) is 40.0 Å². The summed E-state index contributed by atoms with van der Waals surface area (Å²) in [6, 6.07) is 51.1. The Hall–Kier alpha value is -8.47. The Balaban J connectivity index is 1.34. The van der Waals surface area contributed by atoms with Crippen molar-refractivity contribution in [3.05, 3.63) is 227 Å². The molecule has 5 heterocycles. The number of hydrogen-bond donors (Lipinski definition) is 2. The summed E-state index contributed by atoms with van der Waals surface area (Å²) in [6.07, 6.45) is 9.35. The SMILES string of the molecule is C=CC(=C)CC(c1cc(-c2c3nc(c(-c4ccccc4)c4ccc([nH]4)c(-c4ccccc4)c4nc(c(-c5ccccc5)c5ccc2[nH]5)C=C4)C=C3)ccc1[N+](=O)[O-])S(=O)(=O)c1ccccc1. The maximum atomic E-state index is 14.6. The van der Waals surface area contributed by atoms with Gasteiger partial charge in [-0.05, 0) is 102 Å². The van der Waals surface area contributed by atoms with Gasteiger partial charge in [-0.3, -0.25) is 10.1 Å². The van der Waals surface area contributed by atoms with Gasteiger partial charge in [0.1, 0.15) is 5.25 Å². The molecule has 8 bridgehead atoms. The number of nitrogens with zero attached hydrogens (tertiary/aromatic N) is 3. The second-order valence-corrected chi connectivity index (χ2v) is 18.2. The number of sulfone groups is 1. The van der Waals surface area contributed by atoms with E-state index in [-0.39, 0.29) is 22.6 Å². The van der Waals surface area contributed by atoms with Crippen LogP contribution in [0.5, 0.6) is 0 Å². The summed E-state index contributed by atoms with van der Waals surface area (Å²) in [7, 11) is -4.20. The van der Waals surface area contributed by atoms with Gasteiger partial charge in [-0.15, -0.1) is 0 Å². The lowest BCUT2D eigenvalue weighted by molar-refractivity contribution is -0.385. The third-order valence-corrected chi connectivity index (χ3v) is 14.1. The molecule has 0 aliphatic carbocycles. The van der Waals surface area contributed by atoms with Crippen LogP contribution < -0.4 is 0 Å². The van der Waals surface area contributed by atoms with Crippen LogP contribution in [0.2, 0.25) is 0 Å². The molecule has 2 aliphatic rings. The lowest BCUT2D eigenvalue weighted by Crippen LogP contribution is -2.16. The fourth-order valence-electron chi connectivity index (χ4n) is 8.85. The molecule has 8 aromatic rings. The number of hydrogen-bond acceptors (Lipinski definition) is 6. The number of nitrogens with one attached hydrogen (secondary N) is 2. The van der Waals surface area contributed by atoms with Crippen LogP contribution in [0.3, 0.4) is 0 Å². The van der Waals surface area contributed by atoms with Gasteiger partial charge in [0.15, 0.2) is 9.84 Å². The topological polar surface area (TPSA) is 135 Å². The van der Waals surface area contributed by atoms with E-state index in [4.69, 9.17) is 9.97 Å². The van der Waals surface area contributed by atoms with Gasteiger partial charge in [0.25, 0.3) is 5.69 Å². The number of aromatic amines is 2. The highest BCUT2D eigenvalue weighted by molar-refractivity contribution is 7.91. The molecule has 66 heavy (non-hydrogen) atoms. The highest BCUT2D eigenvalue weighted by Crippen LogP contribution is 2.43. The fraction of sp³-hybridized carbons (Fsp3) is 0.0357. The van der Waals surface area contributed by atoms with Crippen molar-refractivity contribution in [3.63, 3.8) is 0 Å². The lowest BCUT2D eigenvalue weighted by Gasteiger charge is -2.20. The van der Waals surface area contributed by atoms with E-state index in [0.29, 0.717) is 33.6 Å². The van der Waals surface area contributed by atoms with Crippen molar-refractivity contribution in [1.82, 2.24) is 19.9 Å². The summed E-state index contributed by atoms with van der Waals surface area (Å²) in [4.78, 5) is 30.5. The van der Waals surface area contributed by atoms with E-state index in [0.717, 1.165) is 61.3 Å². The summed E-state index contributed by atoms with van der Waals surface area (Å²) >= 11 is 0. The number of nitro benzene ring substituents is 1. The molecular formula is C56H41N5O4S. The molecule has 0 amide bonds. The Morgan fingerprint density at radius 1 is 0.561 bits per heavy atom. The number of benzene rings is 5. The average molecular weight is 880 g/mol. The molecule has 320 valence electrons. The molecule has 1 unspecified atom stereocenters. The first-order valence-corrected chi connectivity index (χ1v) is 22.9. The van der Waals surface area contributed by atoms with Crippen LogP contribution >= 0.6 is 0 Å². The van der Waals surface area contributed by atoms with E-state index in [2.05, 4.69) is 47.4 Å². The molecular weight excluding hydrogens is 839 g/mol. The summed E-state index contributed by atoms with van der Waals surface area (Å²) in [5.74, 6) is 0. The smallest absolute Gasteiger partial charge is 0.273 e. The van der Waals surface area contributed by atoms with Crippen molar-refractivity contribution in [1.29, 1.82) is 0 Å². The first kappa shape index (κ1) is 41.5. The van der Waals surface area contributed by atoms with Gasteiger partial charge < -0.3 is 9.97 Å². The summed E-state index contributed by atoms with van der Waals surface area (Å²) in [6.45, 7) is 7.87. The van der Waals surface area contributed by atoms with E-state index in [1.54, 1.807) is 30.3 Å². The van der Waals surface area contributed by atoms with E-state index < -0.39 is 20.0 Å². The van der Waals surface area contributed by atoms with Crippen molar-refractivity contribution in [3.8, 4) is 44.5 Å². The van der Waals surface area contributed by atoms with Crippen molar-refractivity contribution in [2.45, 2.75) is 16.6 Å². The normalized spacial score (nSPS) is 12.5. The van der Waals surface area contributed by atoms with E-state index in [1.807, 2.05) is 115 Å². The molecule has 2 aliphatic heterocycles. The third kappa shape index (κ3) is 7.69. The first-order valence-electron chi connectivity index (χ1n) is 21.4. The van der Waals surface area contributed by atoms with Crippen molar-refractivity contribution in [2.24, 2.45) is 0 Å². The van der Waals surface area contributed by atoms with Crippen molar-refractivity contribution >= 4 is 61.9 Å². The number of allylic oxidation sites excluding steroid dienone is 2. The highest BCUT2D eigenvalue weighted by Gasteiger charge is 2.35. The fourth-order valence-corrected chi connectivity index (χ4v) is 10.7. The minimum absolute atomic E-state index is 0.0218. The minimum atomic E-state index is -4.20. The zero-order chi connectivity index (χ0) is 45.4. The predicted octanol–water partition coefficient (Wildman–Crippen LogP) is 13.9. The summed E-state index contributed by atoms with van der Waals surface area (Å²) < 4.78 is 29.2. The molecule has 2 N–H and O–H groups in total. The number of aromatic nitrogens is 4. The molecule has 0 saturated heterocycles. The maximum Gasteiger partial charge on any atom is 0.273 e.